The topological polar surface area (TPSA) is 58.4 Å². The standard InChI is InChI=1S/C12H17ClFN3O/c1-7(12(18)16-2)6-17(3)11-4-8(13)9(14)5-10(11)15/h4-5,7H,6,15H2,1-3H3,(H,16,18). The van der Waals surface area contributed by atoms with Gasteiger partial charge < -0.3 is 16.0 Å². The Morgan fingerprint density at radius 1 is 1.61 bits per heavy atom. The highest BCUT2D eigenvalue weighted by Crippen LogP contribution is 2.29. The molecule has 100 valence electrons. The molecule has 1 aromatic carbocycles. The highest BCUT2D eigenvalue weighted by Gasteiger charge is 2.16. The maximum Gasteiger partial charge on any atom is 0.224 e. The van der Waals surface area contributed by atoms with Gasteiger partial charge in [0, 0.05) is 26.7 Å². The Kier molecular flexibility index (Phi) is 4.78. The first-order chi connectivity index (χ1) is 8.36. The first-order valence-corrected chi connectivity index (χ1v) is 5.91. The minimum absolute atomic E-state index is 0.0126. The minimum Gasteiger partial charge on any atom is -0.397 e. The second-order valence-corrected chi connectivity index (χ2v) is 4.63. The fraction of sp³-hybridized carbons (Fsp3) is 0.417. The fourth-order valence-corrected chi connectivity index (χ4v) is 1.88. The van der Waals surface area contributed by atoms with Crippen LogP contribution in [0.5, 0.6) is 0 Å². The van der Waals surface area contributed by atoms with Gasteiger partial charge in [0.1, 0.15) is 5.82 Å². The van der Waals surface area contributed by atoms with Gasteiger partial charge in [-0.15, -0.1) is 0 Å². The van der Waals surface area contributed by atoms with Crippen LogP contribution in [0.15, 0.2) is 12.1 Å². The van der Waals surface area contributed by atoms with E-state index in [0.717, 1.165) is 0 Å². The number of hydrogen-bond acceptors (Lipinski definition) is 3. The number of nitrogens with zero attached hydrogens (tertiary/aromatic N) is 1. The minimum atomic E-state index is -0.550. The van der Waals surface area contributed by atoms with Crippen LogP contribution in [-0.4, -0.2) is 26.5 Å². The van der Waals surface area contributed by atoms with Gasteiger partial charge in [0.05, 0.1) is 22.3 Å². The predicted octanol–water partition coefficient (Wildman–Crippen LogP) is 1.88. The lowest BCUT2D eigenvalue weighted by Gasteiger charge is -2.24. The molecule has 1 rings (SSSR count). The number of carbonyl (C=O) groups excluding carboxylic acids is 1. The average Bonchev–Trinajstić information content (AvgIpc) is 2.32. The van der Waals surface area contributed by atoms with Crippen LogP contribution in [0.3, 0.4) is 0 Å². The summed E-state index contributed by atoms with van der Waals surface area (Å²) >= 11 is 5.72. The van der Waals surface area contributed by atoms with Gasteiger partial charge in [0.25, 0.3) is 0 Å². The molecule has 6 heteroatoms. The van der Waals surface area contributed by atoms with Gasteiger partial charge in [-0.2, -0.15) is 0 Å². The maximum atomic E-state index is 13.2. The number of halogens is 2. The van der Waals surface area contributed by atoms with Crippen molar-refractivity contribution in [3.8, 4) is 0 Å². The highest BCUT2D eigenvalue weighted by atomic mass is 35.5. The van der Waals surface area contributed by atoms with Crippen LogP contribution in [-0.2, 0) is 4.79 Å². The normalized spacial score (nSPS) is 12.1. The number of rotatable bonds is 4. The van der Waals surface area contributed by atoms with Crippen LogP contribution in [0.4, 0.5) is 15.8 Å². The number of nitrogen functional groups attached to an aromatic ring is 1. The number of carbonyl (C=O) groups is 1. The van der Waals surface area contributed by atoms with E-state index in [2.05, 4.69) is 5.32 Å². The Bertz CT molecular complexity index is 453. The van der Waals surface area contributed by atoms with Crippen molar-refractivity contribution in [2.75, 3.05) is 31.3 Å². The van der Waals surface area contributed by atoms with E-state index in [1.807, 2.05) is 0 Å². The molecule has 0 radical (unpaired) electrons. The first-order valence-electron chi connectivity index (χ1n) is 5.54. The SMILES string of the molecule is CNC(=O)C(C)CN(C)c1cc(Cl)c(F)cc1N. The molecule has 3 N–H and O–H groups in total. The highest BCUT2D eigenvalue weighted by molar-refractivity contribution is 6.31. The molecular formula is C12H17ClFN3O. The molecule has 0 spiro atoms. The zero-order chi connectivity index (χ0) is 13.9. The zero-order valence-corrected chi connectivity index (χ0v) is 11.4. The van der Waals surface area contributed by atoms with Crippen molar-refractivity contribution in [2.45, 2.75) is 6.92 Å². The first kappa shape index (κ1) is 14.6. The molecule has 0 aliphatic rings. The summed E-state index contributed by atoms with van der Waals surface area (Å²) in [6.45, 7) is 2.27. The lowest BCUT2D eigenvalue weighted by molar-refractivity contribution is -0.123. The molecule has 0 aliphatic heterocycles. The van der Waals surface area contributed by atoms with Crippen LogP contribution < -0.4 is 16.0 Å². The third-order valence-corrected chi connectivity index (χ3v) is 3.01. The number of anilines is 2. The van der Waals surface area contributed by atoms with Crippen LogP contribution in [0.1, 0.15) is 6.92 Å². The van der Waals surface area contributed by atoms with Gasteiger partial charge in [-0.3, -0.25) is 4.79 Å². The number of nitrogens with one attached hydrogen (secondary N) is 1. The van der Waals surface area contributed by atoms with Gasteiger partial charge >= 0.3 is 0 Å². The summed E-state index contributed by atoms with van der Waals surface area (Å²) in [6.07, 6.45) is 0. The van der Waals surface area contributed by atoms with E-state index < -0.39 is 5.82 Å². The summed E-state index contributed by atoms with van der Waals surface area (Å²) in [5.74, 6) is -0.817. The Hall–Kier alpha value is -1.49. The second-order valence-electron chi connectivity index (χ2n) is 4.22. The van der Waals surface area contributed by atoms with E-state index in [1.165, 1.54) is 12.1 Å². The summed E-state index contributed by atoms with van der Waals surface area (Å²) in [4.78, 5) is 13.2. The van der Waals surface area contributed by atoms with Crippen molar-refractivity contribution in [2.24, 2.45) is 5.92 Å². The van der Waals surface area contributed by atoms with Gasteiger partial charge in [0.2, 0.25) is 5.91 Å². The maximum absolute atomic E-state index is 13.2. The monoisotopic (exact) mass is 273 g/mol. The molecule has 0 saturated carbocycles. The fourth-order valence-electron chi connectivity index (χ4n) is 1.72. The van der Waals surface area contributed by atoms with E-state index in [-0.39, 0.29) is 16.8 Å². The largest absolute Gasteiger partial charge is 0.397 e. The van der Waals surface area contributed by atoms with Crippen molar-refractivity contribution in [1.82, 2.24) is 5.32 Å². The quantitative estimate of drug-likeness (QED) is 0.824. The molecule has 1 amide bonds. The van der Waals surface area contributed by atoms with E-state index in [0.29, 0.717) is 17.9 Å². The van der Waals surface area contributed by atoms with E-state index in [4.69, 9.17) is 17.3 Å². The molecule has 0 heterocycles. The Morgan fingerprint density at radius 3 is 2.78 bits per heavy atom. The predicted molar refractivity (Wildman–Crippen MR) is 72.3 cm³/mol. The summed E-state index contributed by atoms with van der Waals surface area (Å²) in [5, 5.41) is 2.59. The van der Waals surface area contributed by atoms with Gasteiger partial charge in [-0.1, -0.05) is 18.5 Å². The zero-order valence-electron chi connectivity index (χ0n) is 10.6. The summed E-state index contributed by atoms with van der Waals surface area (Å²) < 4.78 is 13.2. The lowest BCUT2D eigenvalue weighted by Crippen LogP contribution is -2.34. The average molecular weight is 274 g/mol. The van der Waals surface area contributed by atoms with Gasteiger partial charge in [-0.05, 0) is 6.07 Å². The number of hydrogen-bond donors (Lipinski definition) is 2. The third-order valence-electron chi connectivity index (χ3n) is 2.72. The molecule has 1 aromatic rings. The summed E-state index contributed by atoms with van der Waals surface area (Å²) in [5.41, 5.74) is 6.64. The summed E-state index contributed by atoms with van der Waals surface area (Å²) in [6, 6.07) is 2.64. The molecular weight excluding hydrogens is 257 g/mol. The number of nitrogens with two attached hydrogens (primary N) is 1. The van der Waals surface area contributed by atoms with Crippen molar-refractivity contribution in [3.63, 3.8) is 0 Å². The molecule has 0 fully saturated rings. The van der Waals surface area contributed by atoms with Crippen molar-refractivity contribution in [3.05, 3.63) is 23.0 Å². The van der Waals surface area contributed by atoms with Crippen molar-refractivity contribution < 1.29 is 9.18 Å². The molecule has 1 unspecified atom stereocenters. The lowest BCUT2D eigenvalue weighted by atomic mass is 10.1. The Labute approximate surface area is 111 Å². The van der Waals surface area contributed by atoms with E-state index >= 15 is 0 Å². The molecule has 0 aliphatic carbocycles. The molecule has 0 aromatic heterocycles. The van der Waals surface area contributed by atoms with Crippen molar-refractivity contribution in [1.29, 1.82) is 0 Å². The molecule has 18 heavy (non-hydrogen) atoms. The molecule has 0 bridgehead atoms. The second kappa shape index (κ2) is 5.91. The Morgan fingerprint density at radius 2 is 2.22 bits per heavy atom. The molecule has 4 nitrogen and oxygen atoms in total. The van der Waals surface area contributed by atoms with Gasteiger partial charge in [-0.25, -0.2) is 4.39 Å². The molecule has 1 atom stereocenters. The van der Waals surface area contributed by atoms with Crippen LogP contribution in [0.2, 0.25) is 5.02 Å². The van der Waals surface area contributed by atoms with Crippen LogP contribution in [0.25, 0.3) is 0 Å². The van der Waals surface area contributed by atoms with E-state index in [9.17, 15) is 9.18 Å². The summed E-state index contributed by atoms with van der Waals surface area (Å²) in [7, 11) is 3.36. The van der Waals surface area contributed by atoms with Gasteiger partial charge in [0.15, 0.2) is 0 Å². The third kappa shape index (κ3) is 3.26. The van der Waals surface area contributed by atoms with Crippen molar-refractivity contribution >= 4 is 28.9 Å². The van der Waals surface area contributed by atoms with E-state index in [1.54, 1.807) is 25.9 Å². The number of benzene rings is 1. The smallest absolute Gasteiger partial charge is 0.224 e. The van der Waals surface area contributed by atoms with Crippen LogP contribution in [0, 0.1) is 11.7 Å². The van der Waals surface area contributed by atoms with Crippen LogP contribution >= 0.6 is 11.6 Å². The molecule has 0 saturated heterocycles. The Balaban J connectivity index is 2.87. The number of amides is 1.